The summed E-state index contributed by atoms with van der Waals surface area (Å²) in [6.45, 7) is 0.549. The molecule has 4 rings (SSSR count). The van der Waals surface area contributed by atoms with Gasteiger partial charge in [-0.15, -0.1) is 0 Å². The van der Waals surface area contributed by atoms with E-state index in [1.807, 2.05) is 30.3 Å². The molecule has 6 nitrogen and oxygen atoms in total. The molecule has 0 aliphatic rings. The van der Waals surface area contributed by atoms with Gasteiger partial charge in [0.2, 0.25) is 0 Å². The largest absolute Gasteiger partial charge is 0.459 e. The van der Waals surface area contributed by atoms with Gasteiger partial charge >= 0.3 is 0 Å². The first-order valence-electron chi connectivity index (χ1n) is 6.25. The number of rotatable bonds is 3. The van der Waals surface area contributed by atoms with Crippen molar-refractivity contribution in [3.63, 3.8) is 0 Å². The zero-order valence-electron chi connectivity index (χ0n) is 10.5. The molecule has 0 aliphatic heterocycles. The van der Waals surface area contributed by atoms with Gasteiger partial charge in [0, 0.05) is 5.39 Å². The van der Waals surface area contributed by atoms with Crippen molar-refractivity contribution in [3.05, 3.63) is 48.7 Å². The topological polar surface area (TPSA) is 79.6 Å². The van der Waals surface area contributed by atoms with Gasteiger partial charge in [0.05, 0.1) is 12.9 Å². The number of furan rings is 1. The van der Waals surface area contributed by atoms with Crippen LogP contribution in [0.15, 0.2) is 47.4 Å². The summed E-state index contributed by atoms with van der Waals surface area (Å²) in [5.74, 6) is 1.55. The van der Waals surface area contributed by atoms with Crippen molar-refractivity contribution < 1.29 is 4.42 Å². The third-order valence-corrected chi connectivity index (χ3v) is 3.12. The van der Waals surface area contributed by atoms with E-state index in [2.05, 4.69) is 25.3 Å². The minimum absolute atomic E-state index is 0.549. The lowest BCUT2D eigenvalue weighted by molar-refractivity contribution is 0.559. The quantitative estimate of drug-likeness (QED) is 0.595. The Kier molecular flexibility index (Phi) is 2.38. The molecular weight excluding hydrogens is 254 g/mol. The molecule has 1 aromatic carbocycles. The molecule has 0 fully saturated rings. The van der Waals surface area contributed by atoms with E-state index in [1.54, 1.807) is 6.33 Å². The zero-order valence-corrected chi connectivity index (χ0v) is 10.5. The van der Waals surface area contributed by atoms with Crippen LogP contribution in [-0.4, -0.2) is 19.9 Å². The number of imidazole rings is 1. The van der Waals surface area contributed by atoms with Crippen LogP contribution in [0.1, 0.15) is 5.76 Å². The van der Waals surface area contributed by atoms with Gasteiger partial charge in [0.1, 0.15) is 23.2 Å². The van der Waals surface area contributed by atoms with Crippen LogP contribution in [0.25, 0.3) is 22.1 Å². The highest BCUT2D eigenvalue weighted by Crippen LogP contribution is 2.20. The molecule has 2 N–H and O–H groups in total. The van der Waals surface area contributed by atoms with E-state index >= 15 is 0 Å². The zero-order chi connectivity index (χ0) is 13.4. The van der Waals surface area contributed by atoms with Crippen molar-refractivity contribution in [2.75, 3.05) is 5.32 Å². The number of hydrogen-bond acceptors (Lipinski definition) is 5. The highest BCUT2D eigenvalue weighted by atomic mass is 16.3. The Hall–Kier alpha value is -2.89. The molecule has 0 saturated heterocycles. The van der Waals surface area contributed by atoms with Crippen LogP contribution in [0, 0.1) is 0 Å². The minimum atomic E-state index is 0.549. The molecule has 0 saturated carbocycles. The van der Waals surface area contributed by atoms with Crippen LogP contribution in [-0.2, 0) is 6.54 Å². The van der Waals surface area contributed by atoms with E-state index in [9.17, 15) is 0 Å². The van der Waals surface area contributed by atoms with Gasteiger partial charge in [-0.2, -0.15) is 0 Å². The molecule has 0 atom stereocenters. The average molecular weight is 265 g/mol. The number of benzene rings is 1. The Bertz CT molecular complexity index is 846. The van der Waals surface area contributed by atoms with E-state index in [0.717, 1.165) is 22.2 Å². The molecule has 0 aliphatic carbocycles. The lowest BCUT2D eigenvalue weighted by Gasteiger charge is -2.02. The Morgan fingerprint density at radius 2 is 2.10 bits per heavy atom. The van der Waals surface area contributed by atoms with Gasteiger partial charge in [-0.25, -0.2) is 15.0 Å². The summed E-state index contributed by atoms with van der Waals surface area (Å²) in [5.41, 5.74) is 2.33. The first-order chi connectivity index (χ1) is 9.90. The van der Waals surface area contributed by atoms with Gasteiger partial charge in [-0.1, -0.05) is 18.2 Å². The van der Waals surface area contributed by atoms with Gasteiger partial charge in [-0.3, -0.25) is 0 Å². The van der Waals surface area contributed by atoms with Crippen LogP contribution >= 0.6 is 0 Å². The number of H-pyrrole nitrogens is 1. The monoisotopic (exact) mass is 265 g/mol. The first kappa shape index (κ1) is 11.0. The average Bonchev–Trinajstić information content (AvgIpc) is 3.11. The van der Waals surface area contributed by atoms with Crippen molar-refractivity contribution in [2.45, 2.75) is 6.54 Å². The molecule has 3 aromatic heterocycles. The first-order valence-corrected chi connectivity index (χ1v) is 6.25. The molecule has 0 radical (unpaired) electrons. The van der Waals surface area contributed by atoms with Crippen LogP contribution < -0.4 is 5.32 Å². The van der Waals surface area contributed by atoms with Gasteiger partial charge in [-0.05, 0) is 12.1 Å². The second kappa shape index (κ2) is 4.34. The summed E-state index contributed by atoms with van der Waals surface area (Å²) in [6.07, 6.45) is 3.10. The summed E-state index contributed by atoms with van der Waals surface area (Å²) in [6, 6.07) is 9.95. The van der Waals surface area contributed by atoms with E-state index < -0.39 is 0 Å². The maximum Gasteiger partial charge on any atom is 0.162 e. The van der Waals surface area contributed by atoms with Crippen LogP contribution in [0.3, 0.4) is 0 Å². The third-order valence-electron chi connectivity index (χ3n) is 3.12. The maximum atomic E-state index is 5.75. The predicted octanol–water partition coefficient (Wildman–Crippen LogP) is 2.71. The van der Waals surface area contributed by atoms with E-state index in [4.69, 9.17) is 4.42 Å². The number of fused-ring (bicyclic) bond motifs is 2. The predicted molar refractivity (Wildman–Crippen MR) is 75.2 cm³/mol. The molecule has 98 valence electrons. The number of para-hydroxylation sites is 1. The van der Waals surface area contributed by atoms with E-state index in [-0.39, 0.29) is 0 Å². The van der Waals surface area contributed by atoms with Crippen molar-refractivity contribution in [2.24, 2.45) is 0 Å². The maximum absolute atomic E-state index is 5.75. The number of hydrogen-bond donors (Lipinski definition) is 2. The lowest BCUT2D eigenvalue weighted by atomic mass is 10.2. The fourth-order valence-corrected chi connectivity index (χ4v) is 2.19. The molecule has 0 amide bonds. The third kappa shape index (κ3) is 1.78. The highest BCUT2D eigenvalue weighted by molar-refractivity contribution is 5.82. The fourth-order valence-electron chi connectivity index (χ4n) is 2.19. The van der Waals surface area contributed by atoms with Crippen molar-refractivity contribution in [1.29, 1.82) is 0 Å². The van der Waals surface area contributed by atoms with Crippen molar-refractivity contribution in [3.8, 4) is 0 Å². The van der Waals surface area contributed by atoms with Crippen LogP contribution in [0.2, 0.25) is 0 Å². The Balaban J connectivity index is 1.62. The summed E-state index contributed by atoms with van der Waals surface area (Å²) < 4.78 is 5.75. The molecule has 0 bridgehead atoms. The lowest BCUT2D eigenvalue weighted by Crippen LogP contribution is -2.01. The smallest absolute Gasteiger partial charge is 0.162 e. The highest BCUT2D eigenvalue weighted by Gasteiger charge is 2.07. The molecule has 0 spiro atoms. The second-order valence-electron chi connectivity index (χ2n) is 4.43. The molecule has 4 aromatic rings. The molecule has 20 heavy (non-hydrogen) atoms. The number of nitrogens with one attached hydrogen (secondary N) is 2. The van der Waals surface area contributed by atoms with Gasteiger partial charge < -0.3 is 14.7 Å². The van der Waals surface area contributed by atoms with Gasteiger partial charge in [0.15, 0.2) is 11.5 Å². The molecule has 6 heteroatoms. The summed E-state index contributed by atoms with van der Waals surface area (Å²) >= 11 is 0. The summed E-state index contributed by atoms with van der Waals surface area (Å²) in [7, 11) is 0. The Morgan fingerprint density at radius 1 is 1.15 bits per heavy atom. The Labute approximate surface area is 113 Å². The molecule has 0 unspecified atom stereocenters. The fraction of sp³-hybridized carbons (Fsp3) is 0.0714. The number of nitrogens with zero attached hydrogens (tertiary/aromatic N) is 3. The van der Waals surface area contributed by atoms with Crippen molar-refractivity contribution in [1.82, 2.24) is 19.9 Å². The molecular formula is C14H11N5O. The van der Waals surface area contributed by atoms with E-state index in [0.29, 0.717) is 18.0 Å². The van der Waals surface area contributed by atoms with Crippen molar-refractivity contribution >= 4 is 28.0 Å². The number of aromatic nitrogens is 4. The normalized spacial score (nSPS) is 11.2. The SMILES string of the molecule is c1ccc2oc(CNc3ncnc4[nH]cnc34)cc2c1. The Morgan fingerprint density at radius 3 is 3.05 bits per heavy atom. The summed E-state index contributed by atoms with van der Waals surface area (Å²) in [4.78, 5) is 15.5. The van der Waals surface area contributed by atoms with E-state index in [1.165, 1.54) is 6.33 Å². The standard InChI is InChI=1S/C14H11N5O/c1-2-4-11-9(3-1)5-10(20-11)6-15-13-12-14(17-7-16-12)19-8-18-13/h1-5,7-8H,6H2,(H2,15,16,17,18,19). The minimum Gasteiger partial charge on any atom is -0.459 e. The van der Waals surface area contributed by atoms with Crippen LogP contribution in [0.5, 0.6) is 0 Å². The number of aromatic amines is 1. The molecule has 3 heterocycles. The number of anilines is 1. The van der Waals surface area contributed by atoms with Gasteiger partial charge in [0.25, 0.3) is 0 Å². The second-order valence-corrected chi connectivity index (χ2v) is 4.43. The summed E-state index contributed by atoms with van der Waals surface area (Å²) in [5, 5.41) is 4.32. The van der Waals surface area contributed by atoms with Crippen LogP contribution in [0.4, 0.5) is 5.82 Å².